The first-order valence-corrected chi connectivity index (χ1v) is 9.35. The van der Waals surface area contributed by atoms with E-state index in [-0.39, 0.29) is 22.7 Å². The van der Waals surface area contributed by atoms with Crippen LogP contribution in [0.4, 0.5) is 5.69 Å². The van der Waals surface area contributed by atoms with Crippen LogP contribution in [0.3, 0.4) is 0 Å². The number of rotatable bonds is 5. The number of hydrogen-bond donors (Lipinski definition) is 1. The first-order chi connectivity index (χ1) is 13.2. The number of hydrogen-bond acceptors (Lipinski definition) is 7. The molecule has 2 amide bonds. The first-order valence-electron chi connectivity index (χ1n) is 7.80. The van der Waals surface area contributed by atoms with Crippen LogP contribution in [0, 0.1) is 0 Å². The molecule has 0 aliphatic carbocycles. The van der Waals surface area contributed by atoms with Gasteiger partial charge in [-0.1, -0.05) is 18.2 Å². The summed E-state index contributed by atoms with van der Waals surface area (Å²) in [5, 5.41) is 5.29. The molecule has 1 aliphatic heterocycles. The summed E-state index contributed by atoms with van der Waals surface area (Å²) >= 11 is 0. The maximum absolute atomic E-state index is 12.2. The van der Waals surface area contributed by atoms with Crippen LogP contribution in [0.25, 0.3) is 0 Å². The van der Waals surface area contributed by atoms with Gasteiger partial charge in [-0.05, 0) is 24.3 Å². The second kappa shape index (κ2) is 7.25. The van der Waals surface area contributed by atoms with Gasteiger partial charge >= 0.3 is 5.97 Å². The number of methoxy groups -OCH3 is 1. The van der Waals surface area contributed by atoms with E-state index in [0.717, 1.165) is 31.4 Å². The fraction of sp³-hybridized carbons (Fsp3) is 0.0556. The predicted molar refractivity (Wildman–Crippen MR) is 97.3 cm³/mol. The Morgan fingerprint density at radius 2 is 1.64 bits per heavy atom. The van der Waals surface area contributed by atoms with Crippen molar-refractivity contribution in [2.24, 2.45) is 5.14 Å². The van der Waals surface area contributed by atoms with Crippen LogP contribution in [-0.2, 0) is 24.3 Å². The van der Waals surface area contributed by atoms with Crippen LogP contribution < -0.4 is 14.8 Å². The summed E-state index contributed by atoms with van der Waals surface area (Å²) in [5.74, 6) is -2.49. The molecule has 0 fully saturated rings. The molecule has 0 saturated heterocycles. The van der Waals surface area contributed by atoms with Gasteiger partial charge in [-0.3, -0.25) is 9.59 Å². The number of nitrogens with two attached hydrogens (primary N) is 1. The highest BCUT2D eigenvalue weighted by atomic mass is 32.2. The lowest BCUT2D eigenvalue weighted by molar-refractivity contribution is -0.120. The van der Waals surface area contributed by atoms with E-state index in [4.69, 9.17) is 9.88 Å². The number of primary sulfonamides is 1. The molecule has 2 aromatic rings. The van der Waals surface area contributed by atoms with Gasteiger partial charge in [-0.2, -0.15) is 0 Å². The molecule has 28 heavy (non-hydrogen) atoms. The molecule has 0 spiro atoms. The zero-order valence-corrected chi connectivity index (χ0v) is 15.3. The number of carbonyl (C=O) groups excluding carboxylic acids is 3. The zero-order chi connectivity index (χ0) is 20.5. The lowest BCUT2D eigenvalue weighted by Gasteiger charge is -2.21. The third-order valence-corrected chi connectivity index (χ3v) is 4.69. The van der Waals surface area contributed by atoms with Crippen molar-refractivity contribution in [3.05, 3.63) is 60.2 Å². The average Bonchev–Trinajstić information content (AvgIpc) is 2.99. The smallest absolute Gasteiger partial charge is 0.337 e. The zero-order valence-electron chi connectivity index (χ0n) is 14.5. The van der Waals surface area contributed by atoms with Crippen LogP contribution in [0.1, 0.15) is 10.4 Å². The summed E-state index contributed by atoms with van der Waals surface area (Å²) in [5.41, 5.74) is -0.481. The highest BCUT2D eigenvalue weighted by Gasteiger charge is 2.33. The number of anilines is 1. The maximum Gasteiger partial charge on any atom is 0.337 e. The quantitative estimate of drug-likeness (QED) is 0.589. The molecule has 2 aromatic carbocycles. The number of nitrogens with zero attached hydrogens (tertiary/aromatic N) is 1. The van der Waals surface area contributed by atoms with E-state index < -0.39 is 32.7 Å². The summed E-state index contributed by atoms with van der Waals surface area (Å²) in [6.45, 7) is 0. The van der Waals surface area contributed by atoms with E-state index in [2.05, 4.69) is 4.74 Å². The van der Waals surface area contributed by atoms with Gasteiger partial charge in [-0.15, -0.1) is 0 Å². The van der Waals surface area contributed by atoms with Crippen molar-refractivity contribution in [3.8, 4) is 11.5 Å². The van der Waals surface area contributed by atoms with Crippen molar-refractivity contribution in [2.75, 3.05) is 12.0 Å². The third kappa shape index (κ3) is 3.63. The van der Waals surface area contributed by atoms with Gasteiger partial charge in [0.2, 0.25) is 10.0 Å². The van der Waals surface area contributed by atoms with Crippen molar-refractivity contribution < 1.29 is 32.3 Å². The summed E-state index contributed by atoms with van der Waals surface area (Å²) in [6.07, 6.45) is 2.02. The van der Waals surface area contributed by atoms with Crippen LogP contribution in [-0.4, -0.2) is 33.3 Å². The Kier molecular flexibility index (Phi) is 4.99. The standard InChI is InChI=1S/C18H14N2O7S/c1-26-18(23)11-9-13(20-15(21)7-8-16(20)22)17(14(10-11)28(19,24)25)27-12-5-3-2-4-6-12/h2-10H,1H3,(H2,19,24,25). The minimum Gasteiger partial charge on any atom is -0.465 e. The summed E-state index contributed by atoms with van der Waals surface area (Å²) in [7, 11) is -3.31. The Balaban J connectivity index is 2.31. The summed E-state index contributed by atoms with van der Waals surface area (Å²) in [4.78, 5) is 36.4. The van der Waals surface area contributed by atoms with Crippen LogP contribution in [0.15, 0.2) is 59.5 Å². The molecule has 0 radical (unpaired) electrons. The Morgan fingerprint density at radius 1 is 1.04 bits per heavy atom. The average molecular weight is 402 g/mol. The van der Waals surface area contributed by atoms with E-state index in [1.165, 1.54) is 12.1 Å². The number of amides is 2. The number of para-hydroxylation sites is 1. The lowest BCUT2D eigenvalue weighted by atomic mass is 10.1. The second-order valence-electron chi connectivity index (χ2n) is 5.62. The highest BCUT2D eigenvalue weighted by molar-refractivity contribution is 7.89. The Bertz CT molecular complexity index is 1090. The molecule has 0 atom stereocenters. The number of carbonyl (C=O) groups is 3. The molecular weight excluding hydrogens is 388 g/mol. The number of benzene rings is 2. The van der Waals surface area contributed by atoms with E-state index in [0.29, 0.717) is 4.90 Å². The van der Waals surface area contributed by atoms with Crippen molar-refractivity contribution in [3.63, 3.8) is 0 Å². The van der Waals surface area contributed by atoms with Crippen LogP contribution in [0.5, 0.6) is 11.5 Å². The van der Waals surface area contributed by atoms with Crippen LogP contribution >= 0.6 is 0 Å². The van der Waals surface area contributed by atoms with Gasteiger partial charge in [-0.25, -0.2) is 23.3 Å². The van der Waals surface area contributed by atoms with Gasteiger partial charge in [0.05, 0.1) is 18.4 Å². The second-order valence-corrected chi connectivity index (χ2v) is 7.15. The summed E-state index contributed by atoms with van der Waals surface area (Å²) < 4.78 is 34.6. The number of esters is 1. The Morgan fingerprint density at radius 3 is 2.18 bits per heavy atom. The van der Waals surface area contributed by atoms with E-state index in [9.17, 15) is 22.8 Å². The highest BCUT2D eigenvalue weighted by Crippen LogP contribution is 2.40. The molecule has 10 heteroatoms. The van der Waals surface area contributed by atoms with Crippen molar-refractivity contribution in [2.45, 2.75) is 4.90 Å². The van der Waals surface area contributed by atoms with E-state index >= 15 is 0 Å². The normalized spacial score (nSPS) is 13.7. The van der Waals surface area contributed by atoms with Gasteiger partial charge in [0.1, 0.15) is 10.6 Å². The maximum atomic E-state index is 12.2. The number of ether oxygens (including phenoxy) is 2. The largest absolute Gasteiger partial charge is 0.465 e. The lowest BCUT2D eigenvalue weighted by Crippen LogP contribution is -2.31. The van der Waals surface area contributed by atoms with E-state index in [1.807, 2.05) is 0 Å². The Hall–Kier alpha value is -3.50. The Labute approximate surface area is 160 Å². The fourth-order valence-electron chi connectivity index (χ4n) is 2.55. The van der Waals surface area contributed by atoms with Gasteiger partial charge < -0.3 is 9.47 Å². The van der Waals surface area contributed by atoms with Crippen molar-refractivity contribution in [1.29, 1.82) is 0 Å². The fourth-order valence-corrected chi connectivity index (χ4v) is 3.24. The minimum absolute atomic E-state index is 0.227. The molecule has 0 aromatic heterocycles. The molecule has 144 valence electrons. The van der Waals surface area contributed by atoms with Crippen molar-refractivity contribution in [1.82, 2.24) is 0 Å². The molecule has 2 N–H and O–H groups in total. The summed E-state index contributed by atoms with van der Waals surface area (Å²) in [6, 6.07) is 10.2. The third-order valence-electron chi connectivity index (χ3n) is 3.78. The molecule has 3 rings (SSSR count). The molecule has 1 heterocycles. The molecule has 0 saturated carbocycles. The molecule has 9 nitrogen and oxygen atoms in total. The van der Waals surface area contributed by atoms with Crippen LogP contribution in [0.2, 0.25) is 0 Å². The number of imide groups is 1. The van der Waals surface area contributed by atoms with E-state index in [1.54, 1.807) is 18.2 Å². The molecule has 1 aliphatic rings. The van der Waals surface area contributed by atoms with Gasteiger partial charge in [0.25, 0.3) is 11.8 Å². The number of sulfonamides is 1. The first kappa shape index (κ1) is 19.3. The molecule has 0 unspecified atom stereocenters. The molecular formula is C18H14N2O7S. The van der Waals surface area contributed by atoms with Crippen molar-refractivity contribution >= 4 is 33.5 Å². The monoisotopic (exact) mass is 402 g/mol. The van der Waals surface area contributed by atoms with Gasteiger partial charge in [0.15, 0.2) is 5.75 Å². The predicted octanol–water partition coefficient (Wildman–Crippen LogP) is 1.34. The topological polar surface area (TPSA) is 133 Å². The SMILES string of the molecule is COC(=O)c1cc(N2C(=O)C=CC2=O)c(Oc2ccccc2)c(S(N)(=O)=O)c1. The molecule has 0 bridgehead atoms. The minimum atomic E-state index is -4.41. The van der Waals surface area contributed by atoms with Gasteiger partial charge in [0, 0.05) is 12.2 Å².